The van der Waals surface area contributed by atoms with Gasteiger partial charge in [-0.3, -0.25) is 19.3 Å². The van der Waals surface area contributed by atoms with Gasteiger partial charge in [0.05, 0.1) is 18.0 Å². The van der Waals surface area contributed by atoms with Crippen molar-refractivity contribution in [1.29, 1.82) is 0 Å². The van der Waals surface area contributed by atoms with Crippen LogP contribution >= 0.6 is 11.3 Å². The zero-order chi connectivity index (χ0) is 19.2. The van der Waals surface area contributed by atoms with Gasteiger partial charge in [-0.15, -0.1) is 11.3 Å². The third kappa shape index (κ3) is 5.15. The van der Waals surface area contributed by atoms with Gasteiger partial charge in [0.2, 0.25) is 11.8 Å². The number of rotatable bonds is 6. The minimum absolute atomic E-state index is 0.0272. The van der Waals surface area contributed by atoms with E-state index in [-0.39, 0.29) is 24.3 Å². The number of thiophene rings is 1. The topological polar surface area (TPSA) is 105 Å². The molecule has 1 atom stereocenters. The molecule has 0 saturated carbocycles. The van der Waals surface area contributed by atoms with Gasteiger partial charge in [-0.2, -0.15) is 0 Å². The molecule has 1 aromatic heterocycles. The summed E-state index contributed by atoms with van der Waals surface area (Å²) in [5.74, 6) is -0.971. The van der Waals surface area contributed by atoms with Gasteiger partial charge in [0.15, 0.2) is 0 Å². The molecule has 1 fully saturated rings. The molecule has 0 unspecified atom stereocenters. The smallest absolute Gasteiger partial charge is 0.251 e. The van der Waals surface area contributed by atoms with E-state index in [4.69, 9.17) is 5.73 Å². The number of benzene rings is 1. The number of carbonyl (C=O) groups excluding carboxylic acids is 3. The van der Waals surface area contributed by atoms with Crippen LogP contribution in [-0.2, 0) is 9.59 Å². The van der Waals surface area contributed by atoms with Crippen molar-refractivity contribution in [3.63, 3.8) is 0 Å². The number of para-hydroxylation sites is 1. The van der Waals surface area contributed by atoms with Crippen LogP contribution in [0.5, 0.6) is 0 Å². The van der Waals surface area contributed by atoms with Gasteiger partial charge in [0.25, 0.3) is 5.91 Å². The molecule has 3 rings (SSSR count). The van der Waals surface area contributed by atoms with Crippen LogP contribution in [0.1, 0.15) is 23.2 Å². The molecule has 2 aromatic rings. The van der Waals surface area contributed by atoms with Crippen LogP contribution in [0.15, 0.2) is 41.8 Å². The largest absolute Gasteiger partial charge is 0.366 e. The predicted octanol–water partition coefficient (Wildman–Crippen LogP) is 2.14. The van der Waals surface area contributed by atoms with Gasteiger partial charge in [0, 0.05) is 12.2 Å². The lowest BCUT2D eigenvalue weighted by atomic mass is 9.97. The van der Waals surface area contributed by atoms with Crippen LogP contribution in [0.3, 0.4) is 0 Å². The summed E-state index contributed by atoms with van der Waals surface area (Å²) in [5.41, 5.74) is 6.38. The monoisotopic (exact) mass is 386 g/mol. The first-order valence-electron chi connectivity index (χ1n) is 8.78. The SMILES string of the molecule is NC(=O)c1ccsc1NC(=O)CN1CCC[C@H](C(=O)Nc2ccccc2)C1. The number of nitrogens with two attached hydrogens (primary N) is 1. The molecular formula is C19H22N4O3S. The molecule has 7 nitrogen and oxygen atoms in total. The first kappa shape index (κ1) is 19.1. The van der Waals surface area contributed by atoms with Gasteiger partial charge in [-0.05, 0) is 43.0 Å². The van der Waals surface area contributed by atoms with Crippen molar-refractivity contribution in [3.05, 3.63) is 47.3 Å². The Morgan fingerprint density at radius 3 is 2.67 bits per heavy atom. The first-order chi connectivity index (χ1) is 13.0. The number of anilines is 2. The van der Waals surface area contributed by atoms with Gasteiger partial charge in [-0.1, -0.05) is 18.2 Å². The number of carbonyl (C=O) groups is 3. The highest BCUT2D eigenvalue weighted by molar-refractivity contribution is 7.14. The summed E-state index contributed by atoms with van der Waals surface area (Å²) in [4.78, 5) is 38.1. The van der Waals surface area contributed by atoms with Crippen molar-refractivity contribution in [2.24, 2.45) is 11.7 Å². The first-order valence-corrected chi connectivity index (χ1v) is 9.66. The fourth-order valence-corrected chi connectivity index (χ4v) is 3.96. The van der Waals surface area contributed by atoms with E-state index in [1.165, 1.54) is 11.3 Å². The highest BCUT2D eigenvalue weighted by atomic mass is 32.1. The van der Waals surface area contributed by atoms with Gasteiger partial charge in [0.1, 0.15) is 5.00 Å². The van der Waals surface area contributed by atoms with Crippen LogP contribution < -0.4 is 16.4 Å². The van der Waals surface area contributed by atoms with Gasteiger partial charge < -0.3 is 16.4 Å². The molecule has 0 radical (unpaired) electrons. The Bertz CT molecular complexity index is 821. The summed E-state index contributed by atoms with van der Waals surface area (Å²) in [7, 11) is 0. The Morgan fingerprint density at radius 1 is 1.15 bits per heavy atom. The van der Waals surface area contributed by atoms with Gasteiger partial charge in [-0.25, -0.2) is 0 Å². The van der Waals surface area contributed by atoms with E-state index in [1.807, 2.05) is 35.2 Å². The lowest BCUT2D eigenvalue weighted by Gasteiger charge is -2.31. The quantitative estimate of drug-likeness (QED) is 0.707. The molecule has 27 heavy (non-hydrogen) atoms. The number of hydrogen-bond acceptors (Lipinski definition) is 5. The fourth-order valence-electron chi connectivity index (χ4n) is 3.15. The fraction of sp³-hybridized carbons (Fsp3) is 0.316. The summed E-state index contributed by atoms with van der Waals surface area (Å²) < 4.78 is 0. The summed E-state index contributed by atoms with van der Waals surface area (Å²) in [6.45, 7) is 1.46. The molecule has 142 valence electrons. The number of piperidine rings is 1. The Balaban J connectivity index is 1.53. The van der Waals surface area contributed by atoms with Crippen molar-refractivity contribution in [2.75, 3.05) is 30.3 Å². The second-order valence-corrected chi connectivity index (χ2v) is 7.42. The van der Waals surface area contributed by atoms with E-state index in [9.17, 15) is 14.4 Å². The Labute approximate surface area is 161 Å². The number of primary amides is 1. The van der Waals surface area contributed by atoms with Crippen LogP contribution in [0.25, 0.3) is 0 Å². The third-order valence-corrected chi connectivity index (χ3v) is 5.30. The van der Waals surface area contributed by atoms with E-state index in [0.717, 1.165) is 25.1 Å². The van der Waals surface area contributed by atoms with Crippen molar-refractivity contribution >= 4 is 39.7 Å². The highest BCUT2D eigenvalue weighted by Crippen LogP contribution is 2.23. The normalized spacial score (nSPS) is 17.3. The van der Waals surface area contributed by atoms with Crippen LogP contribution in [-0.4, -0.2) is 42.3 Å². The second kappa shape index (κ2) is 8.79. The minimum Gasteiger partial charge on any atom is -0.366 e. The number of likely N-dealkylation sites (tertiary alicyclic amines) is 1. The standard InChI is InChI=1S/C19H22N4O3S/c20-17(25)15-8-10-27-19(15)22-16(24)12-23-9-4-5-13(11-23)18(26)21-14-6-2-1-3-7-14/h1-3,6-8,10,13H,4-5,9,11-12H2,(H2,20,25)(H,21,26)(H,22,24)/t13-/m0/s1. The molecule has 0 aliphatic carbocycles. The maximum atomic E-state index is 12.5. The molecule has 4 N–H and O–H groups in total. The van der Waals surface area contributed by atoms with E-state index >= 15 is 0 Å². The predicted molar refractivity (Wildman–Crippen MR) is 106 cm³/mol. The van der Waals surface area contributed by atoms with Crippen molar-refractivity contribution in [3.8, 4) is 0 Å². The molecule has 3 amide bonds. The van der Waals surface area contributed by atoms with Crippen LogP contribution in [0.2, 0.25) is 0 Å². The van der Waals surface area contributed by atoms with E-state index in [0.29, 0.717) is 17.1 Å². The summed E-state index contributed by atoms with van der Waals surface area (Å²) in [5, 5.41) is 7.84. The lowest BCUT2D eigenvalue weighted by Crippen LogP contribution is -2.44. The second-order valence-electron chi connectivity index (χ2n) is 6.51. The van der Waals surface area contributed by atoms with Crippen molar-refractivity contribution in [2.45, 2.75) is 12.8 Å². The zero-order valence-electron chi connectivity index (χ0n) is 14.8. The Kier molecular flexibility index (Phi) is 6.20. The highest BCUT2D eigenvalue weighted by Gasteiger charge is 2.27. The summed E-state index contributed by atoms with van der Waals surface area (Å²) >= 11 is 1.26. The van der Waals surface area contributed by atoms with Crippen LogP contribution in [0.4, 0.5) is 10.7 Å². The van der Waals surface area contributed by atoms with Crippen LogP contribution in [0, 0.1) is 5.92 Å². The van der Waals surface area contributed by atoms with Crippen molar-refractivity contribution in [1.82, 2.24) is 4.90 Å². The Hall–Kier alpha value is -2.71. The average Bonchev–Trinajstić information content (AvgIpc) is 3.11. The lowest BCUT2D eigenvalue weighted by molar-refractivity contribution is -0.123. The van der Waals surface area contributed by atoms with Gasteiger partial charge >= 0.3 is 0 Å². The summed E-state index contributed by atoms with van der Waals surface area (Å²) in [6.07, 6.45) is 1.65. The number of nitrogens with one attached hydrogen (secondary N) is 2. The third-order valence-electron chi connectivity index (χ3n) is 4.47. The molecule has 1 saturated heterocycles. The molecule has 1 aliphatic heterocycles. The molecule has 8 heteroatoms. The molecular weight excluding hydrogens is 364 g/mol. The van der Waals surface area contributed by atoms with E-state index in [1.54, 1.807) is 11.4 Å². The molecule has 1 aliphatic rings. The molecule has 2 heterocycles. The average molecular weight is 386 g/mol. The number of hydrogen-bond donors (Lipinski definition) is 3. The van der Waals surface area contributed by atoms with E-state index in [2.05, 4.69) is 10.6 Å². The maximum absolute atomic E-state index is 12.5. The maximum Gasteiger partial charge on any atom is 0.251 e. The summed E-state index contributed by atoms with van der Waals surface area (Å²) in [6, 6.07) is 10.9. The Morgan fingerprint density at radius 2 is 1.93 bits per heavy atom. The number of amides is 3. The van der Waals surface area contributed by atoms with E-state index < -0.39 is 5.91 Å². The molecule has 0 bridgehead atoms. The number of nitrogens with zero attached hydrogens (tertiary/aromatic N) is 1. The molecule has 0 spiro atoms. The zero-order valence-corrected chi connectivity index (χ0v) is 15.6. The molecule has 1 aromatic carbocycles. The van der Waals surface area contributed by atoms with Crippen molar-refractivity contribution < 1.29 is 14.4 Å². The minimum atomic E-state index is -0.567.